The number of nitrogens with zero attached hydrogens (tertiary/aromatic N) is 3. The van der Waals surface area contributed by atoms with Gasteiger partial charge in [-0.1, -0.05) is 90.1 Å². The van der Waals surface area contributed by atoms with Crippen molar-refractivity contribution in [2.75, 3.05) is 17.8 Å². The summed E-state index contributed by atoms with van der Waals surface area (Å²) in [6, 6.07) is 25.6. The number of anilines is 1. The van der Waals surface area contributed by atoms with Gasteiger partial charge in [-0.2, -0.15) is 0 Å². The lowest BCUT2D eigenvalue weighted by Gasteiger charge is -2.45. The molecule has 39 heavy (non-hydrogen) atoms. The first-order valence-electron chi connectivity index (χ1n) is 13.0. The molecule has 1 aromatic heterocycles. The van der Waals surface area contributed by atoms with Crippen LogP contribution in [0, 0.1) is 0 Å². The van der Waals surface area contributed by atoms with Crippen LogP contribution in [0.2, 0.25) is 5.15 Å². The van der Waals surface area contributed by atoms with Crippen molar-refractivity contribution in [3.63, 3.8) is 0 Å². The summed E-state index contributed by atoms with van der Waals surface area (Å²) >= 11 is 12.1. The molecule has 3 aromatic carbocycles. The molecule has 200 valence electrons. The molecule has 0 radical (unpaired) electrons. The quantitative estimate of drug-likeness (QED) is 0.124. The summed E-state index contributed by atoms with van der Waals surface area (Å²) in [5.41, 5.74) is 7.00. The molecule has 5 nitrogen and oxygen atoms in total. The minimum Gasteiger partial charge on any atom is -0.370 e. The van der Waals surface area contributed by atoms with Gasteiger partial charge in [0.2, 0.25) is 0 Å². The molecule has 4 aromatic rings. The normalized spacial score (nSPS) is 19.9. The van der Waals surface area contributed by atoms with E-state index in [9.17, 15) is 0 Å². The van der Waals surface area contributed by atoms with Crippen molar-refractivity contribution in [1.29, 1.82) is 0 Å². The molecule has 0 saturated heterocycles. The zero-order chi connectivity index (χ0) is 27.0. The Kier molecular flexibility index (Phi) is 7.71. The fourth-order valence-corrected chi connectivity index (χ4v) is 7.18. The number of hydrogen-bond acceptors (Lipinski definition) is 6. The minimum atomic E-state index is -0.678. The van der Waals surface area contributed by atoms with Crippen LogP contribution in [-0.2, 0) is 41.2 Å². The highest BCUT2D eigenvalue weighted by Gasteiger charge is 2.46. The van der Waals surface area contributed by atoms with E-state index >= 15 is 0 Å². The Balaban J connectivity index is 1.45. The van der Waals surface area contributed by atoms with Gasteiger partial charge in [-0.15, -0.1) is 0 Å². The molecule has 0 unspecified atom stereocenters. The number of ether oxygens (including phenoxy) is 2. The van der Waals surface area contributed by atoms with Crippen molar-refractivity contribution in [1.82, 2.24) is 9.97 Å². The molecule has 0 saturated carbocycles. The summed E-state index contributed by atoms with van der Waals surface area (Å²) in [5.74, 6) is 0. The predicted octanol–water partition coefficient (Wildman–Crippen LogP) is 7.88. The highest BCUT2D eigenvalue weighted by molar-refractivity contribution is 9.10. The average Bonchev–Trinajstić information content (AvgIpc) is 2.96. The van der Waals surface area contributed by atoms with Crippen molar-refractivity contribution in [3.8, 4) is 0 Å². The van der Waals surface area contributed by atoms with Gasteiger partial charge >= 0.3 is 0 Å². The van der Waals surface area contributed by atoms with Gasteiger partial charge < -0.3 is 14.4 Å². The van der Waals surface area contributed by atoms with Crippen molar-refractivity contribution >= 4 is 45.0 Å². The zero-order valence-electron chi connectivity index (χ0n) is 21.9. The highest BCUT2D eigenvalue weighted by Crippen LogP contribution is 2.50. The molecule has 0 amide bonds. The third-order valence-corrected chi connectivity index (χ3v) is 9.20. The Morgan fingerprint density at radius 2 is 1.67 bits per heavy atom. The van der Waals surface area contributed by atoms with Gasteiger partial charge in [-0.25, -0.2) is 9.97 Å². The van der Waals surface area contributed by atoms with Crippen LogP contribution in [0.15, 0.2) is 82.4 Å². The largest absolute Gasteiger partial charge is 0.370 e. The lowest BCUT2D eigenvalue weighted by Crippen LogP contribution is -2.45. The molecule has 3 heterocycles. The number of thioether (sulfide) groups is 1. The van der Waals surface area contributed by atoms with E-state index in [-0.39, 0.29) is 6.10 Å². The first-order chi connectivity index (χ1) is 19.0. The van der Waals surface area contributed by atoms with Gasteiger partial charge in [0.15, 0.2) is 5.16 Å². The van der Waals surface area contributed by atoms with E-state index in [1.54, 1.807) is 0 Å². The molecule has 6 rings (SSSR count). The van der Waals surface area contributed by atoms with Crippen LogP contribution in [0.1, 0.15) is 46.5 Å². The summed E-state index contributed by atoms with van der Waals surface area (Å²) in [6.07, 6.45) is 2.48. The standard InChI is InChI=1S/C31H29BrClN3O2S/c1-20-23-13-14-26(36(16-21-9-5-3-6-10-21)17-22-11-7-4-8-12-22)28(32)27(23)31(19-37-20)15-25-24(18-38-31)29(33)35-30(34-25)39-2/h3-14,20H,15-19H2,1-2H3/t20-,31-/m1/s1. The van der Waals surface area contributed by atoms with Crippen molar-refractivity contribution in [2.45, 2.75) is 49.9 Å². The molecule has 2 atom stereocenters. The third kappa shape index (κ3) is 5.23. The maximum atomic E-state index is 6.67. The summed E-state index contributed by atoms with van der Waals surface area (Å²) in [5, 5.41) is 1.14. The van der Waals surface area contributed by atoms with Crippen LogP contribution in [0.4, 0.5) is 5.69 Å². The Bertz CT molecular complexity index is 1450. The second-order valence-electron chi connectivity index (χ2n) is 10.0. The first kappa shape index (κ1) is 26.8. The molecular weight excluding hydrogens is 594 g/mol. The fraction of sp³-hybridized carbons (Fsp3) is 0.290. The number of rotatable bonds is 6. The van der Waals surface area contributed by atoms with Gasteiger partial charge in [0.05, 0.1) is 30.7 Å². The lowest BCUT2D eigenvalue weighted by molar-refractivity contribution is -0.148. The molecule has 1 spiro atoms. The second-order valence-corrected chi connectivity index (χ2v) is 12.0. The molecule has 8 heteroatoms. The third-order valence-electron chi connectivity index (χ3n) is 7.54. The van der Waals surface area contributed by atoms with Crippen molar-refractivity contribution in [2.24, 2.45) is 0 Å². The maximum absolute atomic E-state index is 6.67. The van der Waals surface area contributed by atoms with Crippen LogP contribution in [0.25, 0.3) is 0 Å². The Hall–Kier alpha value is -2.42. The molecule has 0 aliphatic carbocycles. The SMILES string of the molecule is CSc1nc(Cl)c2c(n1)C[C@]1(CO[C@H](C)c3ccc(N(Cc4ccccc4)Cc4ccccc4)c(Br)c31)OC2. The van der Waals surface area contributed by atoms with E-state index in [1.807, 2.05) is 6.26 Å². The summed E-state index contributed by atoms with van der Waals surface area (Å²) in [4.78, 5) is 11.7. The Morgan fingerprint density at radius 1 is 1.00 bits per heavy atom. The van der Waals surface area contributed by atoms with Crippen molar-refractivity contribution in [3.05, 3.63) is 116 Å². The highest BCUT2D eigenvalue weighted by atomic mass is 79.9. The summed E-state index contributed by atoms with van der Waals surface area (Å²) < 4.78 is 14.0. The monoisotopic (exact) mass is 621 g/mol. The van der Waals surface area contributed by atoms with Crippen LogP contribution in [-0.4, -0.2) is 22.8 Å². The maximum Gasteiger partial charge on any atom is 0.188 e. The predicted molar refractivity (Wildman–Crippen MR) is 160 cm³/mol. The average molecular weight is 623 g/mol. The van der Waals surface area contributed by atoms with E-state index in [4.69, 9.17) is 26.1 Å². The molecule has 0 fully saturated rings. The summed E-state index contributed by atoms with van der Waals surface area (Å²) in [6.45, 7) is 4.43. The number of benzene rings is 3. The number of fused-ring (bicyclic) bond motifs is 3. The van der Waals surface area contributed by atoms with Gasteiger partial charge in [0.25, 0.3) is 0 Å². The molecular formula is C31H29BrClN3O2S. The van der Waals surface area contributed by atoms with E-state index < -0.39 is 5.60 Å². The van der Waals surface area contributed by atoms with E-state index in [0.29, 0.717) is 29.9 Å². The molecule has 2 aliphatic rings. The second kappa shape index (κ2) is 11.2. The Labute approximate surface area is 247 Å². The van der Waals surface area contributed by atoms with Crippen LogP contribution in [0.3, 0.4) is 0 Å². The van der Waals surface area contributed by atoms with E-state index in [0.717, 1.165) is 45.6 Å². The minimum absolute atomic E-state index is 0.0478. The zero-order valence-corrected chi connectivity index (χ0v) is 25.0. The lowest BCUT2D eigenvalue weighted by atomic mass is 9.80. The van der Waals surface area contributed by atoms with Crippen molar-refractivity contribution < 1.29 is 9.47 Å². The molecule has 0 bridgehead atoms. The number of aromatic nitrogens is 2. The number of hydrogen-bond donors (Lipinski definition) is 0. The van der Waals surface area contributed by atoms with Gasteiger partial charge in [0.1, 0.15) is 10.8 Å². The number of halogens is 2. The summed E-state index contributed by atoms with van der Waals surface area (Å²) in [7, 11) is 0. The van der Waals surface area contributed by atoms with E-state index in [1.165, 1.54) is 22.9 Å². The van der Waals surface area contributed by atoms with Crippen LogP contribution < -0.4 is 4.90 Å². The fourth-order valence-electron chi connectivity index (χ4n) is 5.53. The molecule has 2 aliphatic heterocycles. The Morgan fingerprint density at radius 3 is 2.31 bits per heavy atom. The van der Waals surface area contributed by atoms with E-state index in [2.05, 4.69) is 106 Å². The first-order valence-corrected chi connectivity index (χ1v) is 15.4. The van der Waals surface area contributed by atoms with Gasteiger partial charge in [-0.3, -0.25) is 0 Å². The van der Waals surface area contributed by atoms with Crippen LogP contribution in [0.5, 0.6) is 0 Å². The van der Waals surface area contributed by atoms with Crippen LogP contribution >= 0.6 is 39.3 Å². The smallest absolute Gasteiger partial charge is 0.188 e. The molecule has 0 N–H and O–H groups in total. The van der Waals surface area contributed by atoms with Gasteiger partial charge in [0, 0.05) is 35.1 Å². The van der Waals surface area contributed by atoms with Gasteiger partial charge in [-0.05, 0) is 51.9 Å². The topological polar surface area (TPSA) is 47.5 Å².